The van der Waals surface area contributed by atoms with Gasteiger partial charge in [0.15, 0.2) is 0 Å². The Bertz CT molecular complexity index is 148. The molecule has 1 rings (SSSR count). The van der Waals surface area contributed by atoms with Gasteiger partial charge in [0, 0.05) is 12.0 Å². The van der Waals surface area contributed by atoms with Crippen LogP contribution in [0.25, 0.3) is 0 Å². The summed E-state index contributed by atoms with van der Waals surface area (Å²) in [5.74, 6) is 0.575. The van der Waals surface area contributed by atoms with Crippen molar-refractivity contribution in [2.75, 3.05) is 0 Å². The minimum absolute atomic E-state index is 0.268. The third kappa shape index (κ3) is 2.84. The number of carbonyl (C=O) groups is 1. The molecule has 0 heterocycles. The Morgan fingerprint density at radius 3 is 2.33 bits per heavy atom. The van der Waals surface area contributed by atoms with Crippen LogP contribution in [0.4, 0.5) is 0 Å². The van der Waals surface area contributed by atoms with Gasteiger partial charge in [-0.15, -0.1) is 0 Å². The van der Waals surface area contributed by atoms with Gasteiger partial charge in [0.05, 0.1) is 0 Å². The normalized spacial score (nSPS) is 19.6. The number of hydrogen-bond acceptors (Lipinski definition) is 1. The van der Waals surface area contributed by atoms with E-state index in [0.29, 0.717) is 12.0 Å². The maximum Gasteiger partial charge on any atom is 0.223 e. The molecule has 1 saturated carbocycles. The number of hydrogen-bond donors (Lipinski definition) is 1. The lowest BCUT2D eigenvalue weighted by Crippen LogP contribution is -2.36. The fourth-order valence-electron chi connectivity index (χ4n) is 1.77. The fraction of sp³-hybridized carbons (Fsp3) is 0.900. The van der Waals surface area contributed by atoms with Crippen molar-refractivity contribution < 1.29 is 4.79 Å². The highest BCUT2D eigenvalue weighted by molar-refractivity contribution is 5.78. The molecule has 0 radical (unpaired) electrons. The highest BCUT2D eigenvalue weighted by Crippen LogP contribution is 2.23. The molecule has 1 fully saturated rings. The average molecular weight is 168 g/mol. The molecule has 0 aromatic carbocycles. The van der Waals surface area contributed by atoms with Crippen molar-refractivity contribution in [3.05, 3.63) is 0 Å². The van der Waals surface area contributed by atoms with E-state index in [1.807, 2.05) is 13.8 Å². The molecule has 1 aliphatic rings. The molecule has 0 saturated heterocycles. The Morgan fingerprint density at radius 2 is 1.83 bits per heavy atom. The van der Waals surface area contributed by atoms with Crippen molar-refractivity contribution in [3.63, 3.8) is 0 Å². The topological polar surface area (TPSA) is 29.1 Å². The van der Waals surface area contributed by atoms with Gasteiger partial charge in [0.1, 0.15) is 0 Å². The van der Waals surface area contributed by atoms with Crippen LogP contribution < -0.4 is 5.32 Å². The van der Waals surface area contributed by atoms with Gasteiger partial charge in [-0.2, -0.15) is 0 Å². The van der Waals surface area contributed by atoms with Crippen molar-refractivity contribution in [1.29, 1.82) is 0 Å². The number of nitrogens with one attached hydrogen (secondary N) is 1. The Balaban J connectivity index is 2.30. The summed E-state index contributed by atoms with van der Waals surface area (Å²) in [6.45, 7) is 4.03. The van der Waals surface area contributed by atoms with E-state index < -0.39 is 0 Å². The van der Waals surface area contributed by atoms with Gasteiger partial charge in [-0.3, -0.25) is 4.79 Å². The molecule has 0 aromatic heterocycles. The summed E-state index contributed by atoms with van der Waals surface area (Å²) in [6, 6.07) is 0.291. The first kappa shape index (κ1) is 9.56. The van der Waals surface area contributed by atoms with Gasteiger partial charge in [-0.1, -0.05) is 19.3 Å². The Labute approximate surface area is 74.7 Å². The molecule has 0 bridgehead atoms. The zero-order valence-electron chi connectivity index (χ0n) is 8.10. The molecule has 0 aliphatic heterocycles. The summed E-state index contributed by atoms with van der Waals surface area (Å²) in [6.07, 6.45) is 5.97. The van der Waals surface area contributed by atoms with Gasteiger partial charge in [-0.05, 0) is 26.7 Å². The van der Waals surface area contributed by atoms with Gasteiger partial charge in [-0.25, -0.2) is 0 Å². The number of amides is 1. The molecule has 0 spiro atoms. The fourth-order valence-corrected chi connectivity index (χ4v) is 1.77. The van der Waals surface area contributed by atoms with E-state index in [2.05, 4.69) is 5.32 Å². The maximum atomic E-state index is 11.5. The molecule has 0 atom stereocenters. The van der Waals surface area contributed by atoms with Crippen LogP contribution in [0.3, 0.4) is 0 Å². The van der Waals surface area contributed by atoms with E-state index in [1.54, 1.807) is 0 Å². The predicted molar refractivity (Wildman–Crippen MR) is 49.9 cm³/mol. The Hall–Kier alpha value is -0.530. The van der Waals surface area contributed by atoms with Gasteiger partial charge in [0.2, 0.25) is 5.91 Å². The third-order valence-corrected chi connectivity index (χ3v) is 2.41. The maximum absolute atomic E-state index is 11.5. The molecule has 1 amide bonds. The molecular weight excluding hydrogens is 149 g/mol. The summed E-state index contributed by atoms with van der Waals surface area (Å²) >= 11 is 0. The molecule has 70 valence electrons. The molecule has 2 nitrogen and oxygen atoms in total. The molecule has 1 aliphatic carbocycles. The Kier molecular flexibility index (Phi) is 3.57. The van der Waals surface area contributed by atoms with Crippen molar-refractivity contribution in [3.8, 4) is 0 Å². The van der Waals surface area contributed by atoms with Crippen LogP contribution >= 0.6 is 0 Å². The average Bonchev–Trinajstić information content (AvgIpc) is 2.05. The summed E-state index contributed by atoms with van der Waals surface area (Å²) in [5, 5.41) is 2.97. The lowest BCUT2D eigenvalue weighted by Gasteiger charge is -2.21. The molecule has 2 heteroatoms. The lowest BCUT2D eigenvalue weighted by molar-refractivity contribution is -0.126. The molecule has 12 heavy (non-hydrogen) atoms. The predicted octanol–water partition coefficient (Wildman–Crippen LogP) is 2.09. The van der Waals surface area contributed by atoms with Crippen LogP contribution in [0.5, 0.6) is 0 Å². The summed E-state index contributed by atoms with van der Waals surface area (Å²) in [7, 11) is 0. The number of carbonyl (C=O) groups excluding carboxylic acids is 1. The van der Waals surface area contributed by atoms with Crippen LogP contribution in [0.2, 0.25) is 0 Å². The summed E-state index contributed by atoms with van der Waals surface area (Å²) < 4.78 is 0. The lowest BCUT2D eigenvalue weighted by atomic mass is 9.71. The number of rotatable bonds is 2. The van der Waals surface area contributed by atoms with Crippen molar-refractivity contribution in [1.82, 2.24) is 5.32 Å². The van der Waals surface area contributed by atoms with Gasteiger partial charge in [0.25, 0.3) is 0 Å². The largest absolute Gasteiger partial charge is 0.354 e. The minimum Gasteiger partial charge on any atom is -0.354 e. The Morgan fingerprint density at radius 1 is 1.25 bits per heavy atom. The van der Waals surface area contributed by atoms with E-state index in [1.165, 1.54) is 19.3 Å². The smallest absolute Gasteiger partial charge is 0.223 e. The summed E-state index contributed by atoms with van der Waals surface area (Å²) in [5.41, 5.74) is 0. The van der Waals surface area contributed by atoms with Gasteiger partial charge < -0.3 is 5.32 Å². The van der Waals surface area contributed by atoms with E-state index in [0.717, 1.165) is 12.8 Å². The van der Waals surface area contributed by atoms with Crippen LogP contribution in [-0.2, 0) is 4.79 Å². The quantitative estimate of drug-likeness (QED) is 0.672. The van der Waals surface area contributed by atoms with Crippen LogP contribution in [-0.4, -0.2) is 11.9 Å². The summed E-state index contributed by atoms with van der Waals surface area (Å²) in [4.78, 5) is 11.5. The van der Waals surface area contributed by atoms with E-state index in [9.17, 15) is 4.79 Å². The highest BCUT2D eigenvalue weighted by Gasteiger charge is 2.20. The van der Waals surface area contributed by atoms with Crippen molar-refractivity contribution >= 4 is 5.91 Å². The third-order valence-electron chi connectivity index (χ3n) is 2.41. The van der Waals surface area contributed by atoms with E-state index >= 15 is 0 Å². The second-order valence-corrected chi connectivity index (χ2v) is 4.00. The van der Waals surface area contributed by atoms with Crippen LogP contribution in [0, 0.1) is 5.92 Å². The molecule has 0 aromatic rings. The standard InChI is InChI=1S/C10H19NO/c1-8(2)11-10(12)9-6-4-3-5-7-9/h8-9H,3-7H2,1-2H3,(H,11,12)/i10-1. The second kappa shape index (κ2) is 4.48. The monoisotopic (exact) mass is 168 g/mol. The van der Waals surface area contributed by atoms with Crippen molar-refractivity contribution in [2.24, 2.45) is 5.92 Å². The highest BCUT2D eigenvalue weighted by atomic mass is 16.1. The zero-order valence-corrected chi connectivity index (χ0v) is 8.10. The van der Waals surface area contributed by atoms with Crippen molar-refractivity contribution in [2.45, 2.75) is 52.0 Å². The van der Waals surface area contributed by atoms with E-state index in [4.69, 9.17) is 0 Å². The minimum atomic E-state index is 0.268. The molecule has 1 N–H and O–H groups in total. The first-order valence-corrected chi connectivity index (χ1v) is 5.00. The second-order valence-electron chi connectivity index (χ2n) is 4.00. The first-order chi connectivity index (χ1) is 5.70. The van der Waals surface area contributed by atoms with Crippen LogP contribution in [0.1, 0.15) is 46.0 Å². The molecule has 0 unspecified atom stereocenters. The molecular formula is C10H19NO. The van der Waals surface area contributed by atoms with E-state index in [-0.39, 0.29) is 5.91 Å². The SMILES string of the molecule is CC(C)N[11C](=O)C1CCCCC1. The van der Waals surface area contributed by atoms with Crippen LogP contribution in [0.15, 0.2) is 0 Å². The zero-order chi connectivity index (χ0) is 8.97. The first-order valence-electron chi connectivity index (χ1n) is 5.00. The van der Waals surface area contributed by atoms with Gasteiger partial charge >= 0.3 is 0 Å².